The molecule has 0 saturated carbocycles. The zero-order chi connectivity index (χ0) is 20.6. The molecule has 29 heavy (non-hydrogen) atoms. The van der Waals surface area contributed by atoms with Crippen LogP contribution in [0.1, 0.15) is 15.9 Å². The molecule has 0 aliphatic carbocycles. The highest BCUT2D eigenvalue weighted by atomic mass is 16.5. The standard InChI is InChI=1S/C21H26N4O4/c22-13-19(21(27)24-28)23-20(26)18-7-5-17(6-8-18)16-3-1-15(2-4-16)14-25-9-11-29-12-10-25/h1-8,19,28H,9-14,22H2,(H,23,26)(H,24,27)/t19-/m0/s1. The second-order valence-corrected chi connectivity index (χ2v) is 6.90. The van der Waals surface area contributed by atoms with Crippen molar-refractivity contribution in [2.24, 2.45) is 5.73 Å². The summed E-state index contributed by atoms with van der Waals surface area (Å²) in [6, 6.07) is 14.5. The number of carbonyl (C=O) groups excluding carboxylic acids is 2. The number of benzene rings is 2. The molecule has 8 nitrogen and oxygen atoms in total. The Labute approximate surface area is 169 Å². The molecule has 0 bridgehead atoms. The second kappa shape index (κ2) is 10.1. The smallest absolute Gasteiger partial charge is 0.267 e. The van der Waals surface area contributed by atoms with E-state index in [1.54, 1.807) is 12.1 Å². The van der Waals surface area contributed by atoms with Gasteiger partial charge in [0.1, 0.15) is 6.04 Å². The van der Waals surface area contributed by atoms with Crippen LogP contribution in [0.25, 0.3) is 11.1 Å². The Balaban J connectivity index is 1.62. The molecule has 0 radical (unpaired) electrons. The van der Waals surface area contributed by atoms with Crippen molar-refractivity contribution in [1.82, 2.24) is 15.7 Å². The fourth-order valence-electron chi connectivity index (χ4n) is 3.19. The van der Waals surface area contributed by atoms with Crippen LogP contribution in [0.4, 0.5) is 0 Å². The van der Waals surface area contributed by atoms with Crippen LogP contribution in [0.2, 0.25) is 0 Å². The molecule has 0 aromatic heterocycles. The van der Waals surface area contributed by atoms with E-state index in [9.17, 15) is 9.59 Å². The van der Waals surface area contributed by atoms with E-state index >= 15 is 0 Å². The summed E-state index contributed by atoms with van der Waals surface area (Å²) < 4.78 is 5.38. The number of amides is 2. The molecule has 2 amide bonds. The molecule has 1 aliphatic rings. The normalized spacial score (nSPS) is 15.5. The summed E-state index contributed by atoms with van der Waals surface area (Å²) in [6.07, 6.45) is 0. The van der Waals surface area contributed by atoms with Gasteiger partial charge in [-0.2, -0.15) is 0 Å². The number of nitrogens with zero attached hydrogens (tertiary/aromatic N) is 1. The van der Waals surface area contributed by atoms with E-state index in [1.165, 1.54) is 11.0 Å². The van der Waals surface area contributed by atoms with Crippen molar-refractivity contribution >= 4 is 11.8 Å². The summed E-state index contributed by atoms with van der Waals surface area (Å²) in [5.74, 6) is -1.19. The van der Waals surface area contributed by atoms with Gasteiger partial charge >= 0.3 is 0 Å². The first-order chi connectivity index (χ1) is 14.1. The maximum Gasteiger partial charge on any atom is 0.267 e. The second-order valence-electron chi connectivity index (χ2n) is 6.90. The number of hydroxylamine groups is 1. The third-order valence-corrected chi connectivity index (χ3v) is 4.91. The lowest BCUT2D eigenvalue weighted by molar-refractivity contribution is -0.130. The van der Waals surface area contributed by atoms with Gasteiger partial charge in [0.25, 0.3) is 11.8 Å². The number of nitrogens with two attached hydrogens (primary N) is 1. The number of carbonyl (C=O) groups is 2. The third kappa shape index (κ3) is 5.61. The van der Waals surface area contributed by atoms with Crippen molar-refractivity contribution in [3.8, 4) is 11.1 Å². The molecule has 8 heteroatoms. The molecule has 0 unspecified atom stereocenters. The predicted octanol–water partition coefficient (Wildman–Crippen LogP) is 0.748. The molecule has 1 fully saturated rings. The molecule has 1 heterocycles. The molecule has 2 aromatic rings. The number of rotatable bonds is 7. The van der Waals surface area contributed by atoms with Crippen LogP contribution in [-0.2, 0) is 16.1 Å². The Morgan fingerprint density at radius 1 is 1.03 bits per heavy atom. The molecular formula is C21H26N4O4. The van der Waals surface area contributed by atoms with Gasteiger partial charge in [-0.3, -0.25) is 19.7 Å². The molecular weight excluding hydrogens is 372 g/mol. The Kier molecular flexibility index (Phi) is 7.31. The molecule has 154 valence electrons. The van der Waals surface area contributed by atoms with E-state index in [4.69, 9.17) is 15.7 Å². The van der Waals surface area contributed by atoms with Crippen LogP contribution >= 0.6 is 0 Å². The monoisotopic (exact) mass is 398 g/mol. The van der Waals surface area contributed by atoms with Gasteiger partial charge in [0.15, 0.2) is 0 Å². The molecule has 1 aliphatic heterocycles. The summed E-state index contributed by atoms with van der Waals surface area (Å²) >= 11 is 0. The maximum absolute atomic E-state index is 12.3. The summed E-state index contributed by atoms with van der Waals surface area (Å²) in [5, 5.41) is 11.2. The Bertz CT molecular complexity index is 818. The number of hydrogen-bond acceptors (Lipinski definition) is 6. The molecule has 3 rings (SSSR count). The highest BCUT2D eigenvalue weighted by Crippen LogP contribution is 2.21. The lowest BCUT2D eigenvalue weighted by Crippen LogP contribution is -2.50. The van der Waals surface area contributed by atoms with Gasteiger partial charge in [-0.15, -0.1) is 0 Å². The molecule has 5 N–H and O–H groups in total. The number of nitrogens with one attached hydrogen (secondary N) is 2. The van der Waals surface area contributed by atoms with Crippen molar-refractivity contribution < 1.29 is 19.5 Å². The lowest BCUT2D eigenvalue weighted by atomic mass is 10.0. The van der Waals surface area contributed by atoms with E-state index in [1.807, 2.05) is 12.1 Å². The topological polar surface area (TPSA) is 117 Å². The Morgan fingerprint density at radius 3 is 2.17 bits per heavy atom. The summed E-state index contributed by atoms with van der Waals surface area (Å²) in [6.45, 7) is 4.27. The van der Waals surface area contributed by atoms with E-state index < -0.39 is 17.9 Å². The average molecular weight is 398 g/mol. The van der Waals surface area contributed by atoms with Crippen molar-refractivity contribution in [3.05, 3.63) is 59.7 Å². The predicted molar refractivity (Wildman–Crippen MR) is 108 cm³/mol. The summed E-state index contributed by atoms with van der Waals surface area (Å²) in [4.78, 5) is 26.1. The minimum atomic E-state index is -0.994. The Hall–Kier alpha value is -2.78. The van der Waals surface area contributed by atoms with Crippen molar-refractivity contribution in [3.63, 3.8) is 0 Å². The largest absolute Gasteiger partial charge is 0.379 e. The van der Waals surface area contributed by atoms with Gasteiger partial charge in [-0.05, 0) is 28.8 Å². The fraction of sp³-hybridized carbons (Fsp3) is 0.333. The van der Waals surface area contributed by atoms with Gasteiger partial charge in [0.05, 0.1) is 13.2 Å². The van der Waals surface area contributed by atoms with Crippen LogP contribution < -0.4 is 16.5 Å². The van der Waals surface area contributed by atoms with Gasteiger partial charge in [-0.1, -0.05) is 36.4 Å². The van der Waals surface area contributed by atoms with Crippen LogP contribution in [0.5, 0.6) is 0 Å². The lowest BCUT2D eigenvalue weighted by Gasteiger charge is -2.26. The SMILES string of the molecule is NC[C@H](NC(=O)c1ccc(-c2ccc(CN3CCOCC3)cc2)cc1)C(=O)NO. The zero-order valence-corrected chi connectivity index (χ0v) is 16.1. The van der Waals surface area contributed by atoms with Crippen LogP contribution in [0.15, 0.2) is 48.5 Å². The van der Waals surface area contributed by atoms with Crippen LogP contribution in [-0.4, -0.2) is 60.8 Å². The summed E-state index contributed by atoms with van der Waals surface area (Å²) in [5.41, 5.74) is 10.6. The minimum Gasteiger partial charge on any atom is -0.379 e. The first-order valence-electron chi connectivity index (χ1n) is 9.55. The van der Waals surface area contributed by atoms with Crippen LogP contribution in [0.3, 0.4) is 0 Å². The number of hydrogen-bond donors (Lipinski definition) is 4. The fourth-order valence-corrected chi connectivity index (χ4v) is 3.19. The zero-order valence-electron chi connectivity index (χ0n) is 16.1. The Morgan fingerprint density at radius 2 is 1.62 bits per heavy atom. The van der Waals surface area contributed by atoms with Crippen molar-refractivity contribution in [1.29, 1.82) is 0 Å². The first kappa shape index (κ1) is 20.9. The molecule has 1 atom stereocenters. The number of ether oxygens (including phenoxy) is 1. The van der Waals surface area contributed by atoms with E-state index in [0.29, 0.717) is 5.56 Å². The first-order valence-corrected chi connectivity index (χ1v) is 9.55. The molecule has 1 saturated heterocycles. The van der Waals surface area contributed by atoms with Crippen molar-refractivity contribution in [2.75, 3.05) is 32.8 Å². The minimum absolute atomic E-state index is 0.118. The molecule has 0 spiro atoms. The van der Waals surface area contributed by atoms with Crippen molar-refractivity contribution in [2.45, 2.75) is 12.6 Å². The quantitative estimate of drug-likeness (QED) is 0.404. The van der Waals surface area contributed by atoms with Gasteiger partial charge < -0.3 is 15.8 Å². The highest BCUT2D eigenvalue weighted by Gasteiger charge is 2.19. The maximum atomic E-state index is 12.3. The molecule has 2 aromatic carbocycles. The van der Waals surface area contributed by atoms with Gasteiger partial charge in [0, 0.05) is 31.7 Å². The summed E-state index contributed by atoms with van der Waals surface area (Å²) in [7, 11) is 0. The van der Waals surface area contributed by atoms with Gasteiger partial charge in [0.2, 0.25) is 0 Å². The third-order valence-electron chi connectivity index (χ3n) is 4.91. The number of morpholine rings is 1. The van der Waals surface area contributed by atoms with E-state index in [0.717, 1.165) is 44.0 Å². The van der Waals surface area contributed by atoms with E-state index in [-0.39, 0.29) is 6.54 Å². The van der Waals surface area contributed by atoms with Gasteiger partial charge in [-0.25, -0.2) is 5.48 Å². The van der Waals surface area contributed by atoms with E-state index in [2.05, 4.69) is 34.5 Å². The highest BCUT2D eigenvalue weighted by molar-refractivity contribution is 5.97. The van der Waals surface area contributed by atoms with Crippen LogP contribution in [0, 0.1) is 0 Å². The average Bonchev–Trinajstić information content (AvgIpc) is 2.78.